The number of halogens is 1. The van der Waals surface area contributed by atoms with Crippen LogP contribution in [0.5, 0.6) is 5.75 Å². The first-order valence-electron chi connectivity index (χ1n) is 6.75. The molecule has 1 aliphatic heterocycles. The van der Waals surface area contributed by atoms with Crippen LogP contribution in [0, 0.1) is 10.1 Å². The van der Waals surface area contributed by atoms with E-state index in [9.17, 15) is 19.7 Å². The normalized spacial score (nSPS) is 14.3. The third-order valence-corrected chi connectivity index (χ3v) is 3.60. The Kier molecular flexibility index (Phi) is 4.01. The van der Waals surface area contributed by atoms with E-state index in [1.54, 1.807) is 30.3 Å². The Morgan fingerprint density at radius 3 is 2.17 bits per heavy atom. The molecular weight excluding hydrogens is 336 g/mol. The van der Waals surface area contributed by atoms with Gasteiger partial charge in [-0.25, -0.2) is 4.90 Å². The van der Waals surface area contributed by atoms with Crippen LogP contribution >= 0.6 is 11.6 Å². The number of carbonyl (C=O) groups is 2. The minimum Gasteiger partial charge on any atom is -0.450 e. The number of benzene rings is 2. The molecular formula is C16H9ClN2O5. The molecule has 3 rings (SSSR count). The highest BCUT2D eigenvalue weighted by atomic mass is 35.5. The fourth-order valence-corrected chi connectivity index (χ4v) is 2.34. The van der Waals surface area contributed by atoms with Crippen molar-refractivity contribution < 1.29 is 19.2 Å². The number of ether oxygens (including phenoxy) is 1. The van der Waals surface area contributed by atoms with Crippen LogP contribution in [0.3, 0.4) is 0 Å². The van der Waals surface area contributed by atoms with E-state index >= 15 is 0 Å². The number of imide groups is 1. The molecule has 0 saturated carbocycles. The fraction of sp³-hybridized carbons (Fsp3) is 0. The number of nitro benzene ring substituents is 1. The maximum absolute atomic E-state index is 12.4. The van der Waals surface area contributed by atoms with E-state index in [-0.39, 0.29) is 22.2 Å². The van der Waals surface area contributed by atoms with Gasteiger partial charge in [0.15, 0.2) is 5.03 Å². The molecule has 0 unspecified atom stereocenters. The molecule has 0 atom stereocenters. The van der Waals surface area contributed by atoms with Crippen LogP contribution in [0.2, 0.25) is 0 Å². The van der Waals surface area contributed by atoms with Gasteiger partial charge in [-0.2, -0.15) is 0 Å². The summed E-state index contributed by atoms with van der Waals surface area (Å²) in [5, 5.41) is 10.3. The van der Waals surface area contributed by atoms with Gasteiger partial charge in [-0.05, 0) is 24.3 Å². The number of rotatable bonds is 4. The summed E-state index contributed by atoms with van der Waals surface area (Å²) in [6.07, 6.45) is 0. The molecule has 24 heavy (non-hydrogen) atoms. The lowest BCUT2D eigenvalue weighted by Crippen LogP contribution is -2.31. The zero-order valence-electron chi connectivity index (χ0n) is 12.0. The van der Waals surface area contributed by atoms with Crippen molar-refractivity contribution in [3.63, 3.8) is 0 Å². The summed E-state index contributed by atoms with van der Waals surface area (Å²) < 4.78 is 5.37. The van der Waals surface area contributed by atoms with Crippen molar-refractivity contribution >= 4 is 34.8 Å². The zero-order valence-corrected chi connectivity index (χ0v) is 12.8. The third-order valence-electron chi connectivity index (χ3n) is 3.27. The van der Waals surface area contributed by atoms with Crippen molar-refractivity contribution in [1.82, 2.24) is 0 Å². The van der Waals surface area contributed by atoms with Crippen LogP contribution < -0.4 is 9.64 Å². The quantitative estimate of drug-likeness (QED) is 0.483. The van der Waals surface area contributed by atoms with Crippen molar-refractivity contribution in [2.24, 2.45) is 0 Å². The second-order valence-electron chi connectivity index (χ2n) is 4.78. The lowest BCUT2D eigenvalue weighted by atomic mass is 10.3. The molecule has 2 aromatic carbocycles. The van der Waals surface area contributed by atoms with Crippen molar-refractivity contribution in [3.8, 4) is 5.75 Å². The molecule has 0 fully saturated rings. The topological polar surface area (TPSA) is 89.7 Å². The van der Waals surface area contributed by atoms with Gasteiger partial charge < -0.3 is 4.74 Å². The highest BCUT2D eigenvalue weighted by Gasteiger charge is 2.40. The highest BCUT2D eigenvalue weighted by Crippen LogP contribution is 2.31. The Balaban J connectivity index is 1.87. The molecule has 0 radical (unpaired) electrons. The van der Waals surface area contributed by atoms with Crippen molar-refractivity contribution in [3.05, 3.63) is 75.5 Å². The molecule has 0 N–H and O–H groups in total. The molecule has 0 bridgehead atoms. The van der Waals surface area contributed by atoms with Crippen LogP contribution in [0.25, 0.3) is 0 Å². The van der Waals surface area contributed by atoms with Crippen LogP contribution in [0.4, 0.5) is 11.4 Å². The first-order chi connectivity index (χ1) is 11.5. The Hall–Kier alpha value is -3.19. The van der Waals surface area contributed by atoms with Gasteiger partial charge in [-0.1, -0.05) is 29.8 Å². The number of non-ortho nitro benzene ring substituents is 1. The molecule has 120 valence electrons. The number of nitro groups is 1. The van der Waals surface area contributed by atoms with Crippen molar-refractivity contribution in [2.75, 3.05) is 4.90 Å². The monoisotopic (exact) mass is 344 g/mol. The largest absolute Gasteiger partial charge is 0.450 e. The SMILES string of the molecule is O=C1C(Cl)=C(Oc2ccc([N+](=O)[O-])cc2)C(=O)N1c1ccccc1. The molecule has 7 nitrogen and oxygen atoms in total. The number of hydrogen-bond donors (Lipinski definition) is 0. The van der Waals surface area contributed by atoms with Gasteiger partial charge in [0, 0.05) is 12.1 Å². The standard InChI is InChI=1S/C16H9ClN2O5/c17-13-14(24-12-8-6-11(7-9-12)19(22)23)16(21)18(15(13)20)10-4-2-1-3-5-10/h1-9H. The Labute approximate surface area is 140 Å². The summed E-state index contributed by atoms with van der Waals surface area (Å²) in [5.74, 6) is -1.55. The maximum Gasteiger partial charge on any atom is 0.302 e. The number of anilines is 1. The van der Waals surface area contributed by atoms with Gasteiger partial charge in [0.05, 0.1) is 10.6 Å². The molecule has 0 saturated heterocycles. The van der Waals surface area contributed by atoms with Gasteiger partial charge in [0.25, 0.3) is 11.6 Å². The molecule has 0 aliphatic carbocycles. The van der Waals surface area contributed by atoms with E-state index in [0.29, 0.717) is 5.69 Å². The summed E-state index contributed by atoms with van der Waals surface area (Å²) in [5.41, 5.74) is 0.245. The van der Waals surface area contributed by atoms with Gasteiger partial charge in [0.1, 0.15) is 5.75 Å². The lowest BCUT2D eigenvalue weighted by Gasteiger charge is -2.14. The van der Waals surface area contributed by atoms with Crippen molar-refractivity contribution in [1.29, 1.82) is 0 Å². The molecule has 2 amide bonds. The second kappa shape index (κ2) is 6.13. The number of nitrogens with zero attached hydrogens (tertiary/aromatic N) is 2. The van der Waals surface area contributed by atoms with E-state index in [0.717, 1.165) is 4.90 Å². The van der Waals surface area contributed by atoms with E-state index in [1.165, 1.54) is 24.3 Å². The molecule has 1 heterocycles. The molecule has 2 aromatic rings. The first-order valence-corrected chi connectivity index (χ1v) is 7.13. The Morgan fingerprint density at radius 2 is 1.58 bits per heavy atom. The molecule has 1 aliphatic rings. The zero-order chi connectivity index (χ0) is 17.3. The number of carbonyl (C=O) groups excluding carboxylic acids is 2. The van der Waals surface area contributed by atoms with Gasteiger partial charge in [-0.15, -0.1) is 0 Å². The second-order valence-corrected chi connectivity index (χ2v) is 5.16. The smallest absolute Gasteiger partial charge is 0.302 e. The fourth-order valence-electron chi connectivity index (χ4n) is 2.14. The average Bonchev–Trinajstić information content (AvgIpc) is 2.80. The average molecular weight is 345 g/mol. The number of para-hydroxylation sites is 1. The van der Waals surface area contributed by atoms with Crippen LogP contribution in [-0.2, 0) is 9.59 Å². The minimum atomic E-state index is -0.699. The predicted octanol–water partition coefficient (Wildman–Crippen LogP) is 3.00. The van der Waals surface area contributed by atoms with E-state index < -0.39 is 16.7 Å². The van der Waals surface area contributed by atoms with Crippen LogP contribution in [0.1, 0.15) is 0 Å². The summed E-state index contributed by atoms with van der Waals surface area (Å²) in [4.78, 5) is 35.6. The third kappa shape index (κ3) is 2.72. The van der Waals surface area contributed by atoms with Crippen molar-refractivity contribution in [2.45, 2.75) is 0 Å². The molecule has 0 spiro atoms. The summed E-state index contributed by atoms with van der Waals surface area (Å²) in [6, 6.07) is 13.4. The maximum atomic E-state index is 12.4. The van der Waals surface area contributed by atoms with Crippen LogP contribution in [0.15, 0.2) is 65.4 Å². The van der Waals surface area contributed by atoms with Gasteiger partial charge in [0.2, 0.25) is 5.76 Å². The summed E-state index contributed by atoms with van der Waals surface area (Å²) in [7, 11) is 0. The lowest BCUT2D eigenvalue weighted by molar-refractivity contribution is -0.384. The minimum absolute atomic E-state index is 0.123. The van der Waals surface area contributed by atoms with Gasteiger partial charge in [-0.3, -0.25) is 19.7 Å². The highest BCUT2D eigenvalue weighted by molar-refractivity contribution is 6.52. The molecule has 8 heteroatoms. The van der Waals surface area contributed by atoms with E-state index in [2.05, 4.69) is 0 Å². The Morgan fingerprint density at radius 1 is 0.958 bits per heavy atom. The predicted molar refractivity (Wildman–Crippen MR) is 85.5 cm³/mol. The van der Waals surface area contributed by atoms with E-state index in [1.807, 2.05) is 0 Å². The summed E-state index contributed by atoms with van der Waals surface area (Å²) >= 11 is 5.93. The van der Waals surface area contributed by atoms with Crippen LogP contribution in [-0.4, -0.2) is 16.7 Å². The van der Waals surface area contributed by atoms with E-state index in [4.69, 9.17) is 16.3 Å². The summed E-state index contributed by atoms with van der Waals surface area (Å²) in [6.45, 7) is 0. The Bertz CT molecular complexity index is 862. The number of hydrogen-bond acceptors (Lipinski definition) is 5. The molecule has 0 aromatic heterocycles. The van der Waals surface area contributed by atoms with Gasteiger partial charge >= 0.3 is 5.91 Å². The number of amides is 2. The first kappa shape index (κ1) is 15.7.